The van der Waals surface area contributed by atoms with Crippen LogP contribution < -0.4 is 5.32 Å². The van der Waals surface area contributed by atoms with E-state index in [2.05, 4.69) is 76.9 Å². The van der Waals surface area contributed by atoms with Crippen molar-refractivity contribution in [2.45, 2.75) is 124 Å². The van der Waals surface area contributed by atoms with Crippen molar-refractivity contribution in [3.05, 3.63) is 41.5 Å². The first-order chi connectivity index (χ1) is 24.8. The lowest BCUT2D eigenvalue weighted by Crippen LogP contribution is -2.69. The summed E-state index contributed by atoms with van der Waals surface area (Å²) in [6.07, 6.45) is 13.1. The fraction of sp³-hybridized carbons (Fsp3) is 0.800. The predicted molar refractivity (Wildman–Crippen MR) is 217 cm³/mol. The van der Waals surface area contributed by atoms with Crippen LogP contribution in [-0.2, 0) is 19.3 Å². The number of methoxy groups -OCH3 is 2. The second-order valence-corrected chi connectivity index (χ2v) is 22.0. The Balaban J connectivity index is 1.30. The average molecular weight is 753 g/mol. The van der Waals surface area contributed by atoms with Crippen molar-refractivity contribution in [3.63, 3.8) is 0 Å². The number of carbonyl (C=O) groups is 1. The molecule has 298 valence electrons. The molecule has 1 N–H and O–H groups in total. The maximum atomic E-state index is 12.1. The van der Waals surface area contributed by atoms with Crippen LogP contribution in [0.2, 0.25) is 0 Å². The SMILES string of the molecule is CC[C@]1(NCCN2CCS(=O)(=O)CC2)CC[C@]2(C)[C@H](CC[C@@H]3[C@@]4(C)CC=C(c5ccc(C(C)=O)cc5)C(C)(C)[C@@H]4CC[C@]32C)[C@H]1CC(C)(COC)OC. The first kappa shape index (κ1) is 41.1. The van der Waals surface area contributed by atoms with Gasteiger partial charge in [-0.25, -0.2) is 8.42 Å². The summed E-state index contributed by atoms with van der Waals surface area (Å²) in [6.45, 7) is 23.0. The Bertz CT molecular complexity index is 1630. The smallest absolute Gasteiger partial charge is 0.159 e. The van der Waals surface area contributed by atoms with E-state index < -0.39 is 9.84 Å². The highest BCUT2D eigenvalue weighted by atomic mass is 32.2. The zero-order valence-electron chi connectivity index (χ0n) is 34.9. The number of hydrogen-bond acceptors (Lipinski definition) is 7. The molecule has 0 bridgehead atoms. The molecule has 8 heteroatoms. The van der Waals surface area contributed by atoms with Crippen molar-refractivity contribution in [2.75, 3.05) is 58.5 Å². The van der Waals surface area contributed by atoms with Crippen molar-refractivity contribution < 1.29 is 22.7 Å². The molecular weight excluding hydrogens is 681 g/mol. The Labute approximate surface area is 322 Å². The third-order valence-corrected chi connectivity index (χ3v) is 18.6. The van der Waals surface area contributed by atoms with Gasteiger partial charge in [0.15, 0.2) is 15.6 Å². The Morgan fingerprint density at radius 3 is 2.23 bits per heavy atom. The lowest BCUT2D eigenvalue weighted by Gasteiger charge is -2.73. The molecule has 3 saturated carbocycles. The molecular formula is C45H72N2O5S. The van der Waals surface area contributed by atoms with Crippen LogP contribution in [0.15, 0.2) is 30.3 Å². The van der Waals surface area contributed by atoms with Gasteiger partial charge in [0.05, 0.1) is 23.7 Å². The van der Waals surface area contributed by atoms with E-state index in [1.54, 1.807) is 14.0 Å². The number of rotatable bonds is 12. The zero-order valence-corrected chi connectivity index (χ0v) is 35.7. The summed E-state index contributed by atoms with van der Waals surface area (Å²) in [7, 11) is 0.764. The minimum absolute atomic E-state index is 0.00766. The molecule has 6 rings (SSSR count). The molecule has 5 aliphatic rings. The second kappa shape index (κ2) is 14.7. The van der Waals surface area contributed by atoms with Gasteiger partial charge in [0.2, 0.25) is 0 Å². The number of nitrogens with zero attached hydrogens (tertiary/aromatic N) is 1. The van der Waals surface area contributed by atoms with E-state index in [9.17, 15) is 13.2 Å². The van der Waals surface area contributed by atoms with E-state index >= 15 is 0 Å². The maximum Gasteiger partial charge on any atom is 0.159 e. The zero-order chi connectivity index (χ0) is 38.7. The van der Waals surface area contributed by atoms with Gasteiger partial charge in [-0.3, -0.25) is 4.79 Å². The van der Waals surface area contributed by atoms with Gasteiger partial charge in [-0.05, 0) is 128 Å². The topological polar surface area (TPSA) is 84.9 Å². The number of Topliss-reactive ketones (excluding diaryl/α,β-unsaturated/α-hetero) is 1. The fourth-order valence-corrected chi connectivity index (χ4v) is 14.9. The predicted octanol–water partition coefficient (Wildman–Crippen LogP) is 8.48. The lowest BCUT2D eigenvalue weighted by molar-refractivity contribution is -0.226. The number of nitrogens with one attached hydrogen (secondary N) is 1. The largest absolute Gasteiger partial charge is 0.382 e. The van der Waals surface area contributed by atoms with Gasteiger partial charge in [0.25, 0.3) is 0 Å². The van der Waals surface area contributed by atoms with Gasteiger partial charge in [-0.15, -0.1) is 0 Å². The molecule has 7 nitrogen and oxygen atoms in total. The first-order valence-corrected chi connectivity index (χ1v) is 22.7. The van der Waals surface area contributed by atoms with Crippen molar-refractivity contribution in [2.24, 2.45) is 45.3 Å². The summed E-state index contributed by atoms with van der Waals surface area (Å²) in [5, 5.41) is 4.21. The molecule has 4 fully saturated rings. The molecule has 1 aliphatic heterocycles. The van der Waals surface area contributed by atoms with Crippen LogP contribution in [0.4, 0.5) is 0 Å². The molecule has 0 radical (unpaired) electrons. The highest BCUT2D eigenvalue weighted by molar-refractivity contribution is 7.91. The van der Waals surface area contributed by atoms with Crippen molar-refractivity contribution >= 4 is 21.2 Å². The van der Waals surface area contributed by atoms with Gasteiger partial charge in [-0.2, -0.15) is 0 Å². The molecule has 0 spiro atoms. The molecule has 53 heavy (non-hydrogen) atoms. The number of allylic oxidation sites excluding steroid dienone is 2. The standard InChI is InChI=1S/C45H72N2O5S/c1-11-45(46-24-25-47-26-28-53(49,50)29-27-47)23-22-43(7)36(37(45)30-41(5,52-10)31-51-9)16-17-39-42(6)20-18-35(34-14-12-33(13-15-34)32(2)48)40(3,4)38(42)19-21-44(39,43)8/h12-15,18,36-39,46H,11,16-17,19-31H2,1-10H3/t36-,37-,38+,39-,41?,42+,43-,44-,45+/m1/s1. The van der Waals surface area contributed by atoms with Crippen LogP contribution in [0, 0.1) is 45.3 Å². The van der Waals surface area contributed by atoms with Gasteiger partial charge in [-0.1, -0.05) is 71.9 Å². The van der Waals surface area contributed by atoms with Crippen LogP contribution in [-0.4, -0.2) is 88.8 Å². The number of fused-ring (bicyclic) bond motifs is 5. The Hall–Kier alpha value is -1.58. The molecule has 1 heterocycles. The van der Waals surface area contributed by atoms with Crippen LogP contribution in [0.3, 0.4) is 0 Å². The fourth-order valence-electron chi connectivity index (χ4n) is 13.7. The molecule has 1 saturated heterocycles. The maximum absolute atomic E-state index is 12.1. The van der Waals surface area contributed by atoms with Gasteiger partial charge in [0.1, 0.15) is 0 Å². The minimum Gasteiger partial charge on any atom is -0.382 e. The van der Waals surface area contributed by atoms with Gasteiger partial charge in [0, 0.05) is 51.5 Å². The van der Waals surface area contributed by atoms with E-state index in [0.717, 1.165) is 44.3 Å². The lowest BCUT2D eigenvalue weighted by atomic mass is 9.32. The Morgan fingerprint density at radius 2 is 1.62 bits per heavy atom. The summed E-state index contributed by atoms with van der Waals surface area (Å²) in [6, 6.07) is 8.37. The second-order valence-electron chi connectivity index (χ2n) is 19.7. The molecule has 1 aromatic rings. The van der Waals surface area contributed by atoms with Crippen LogP contribution >= 0.6 is 0 Å². The summed E-state index contributed by atoms with van der Waals surface area (Å²) >= 11 is 0. The molecule has 9 atom stereocenters. The third kappa shape index (κ3) is 7.06. The van der Waals surface area contributed by atoms with Gasteiger partial charge >= 0.3 is 0 Å². The summed E-state index contributed by atoms with van der Waals surface area (Å²) in [5.41, 5.74) is 3.82. The monoisotopic (exact) mass is 753 g/mol. The summed E-state index contributed by atoms with van der Waals surface area (Å²) in [4.78, 5) is 14.4. The van der Waals surface area contributed by atoms with Crippen molar-refractivity contribution in [1.29, 1.82) is 0 Å². The number of ketones is 1. The van der Waals surface area contributed by atoms with Crippen LogP contribution in [0.5, 0.6) is 0 Å². The van der Waals surface area contributed by atoms with E-state index in [-0.39, 0.29) is 50.1 Å². The Kier molecular flexibility index (Phi) is 11.4. The molecule has 1 unspecified atom stereocenters. The number of carbonyl (C=O) groups excluding carboxylic acids is 1. The van der Waals surface area contributed by atoms with E-state index in [1.807, 2.05) is 19.2 Å². The van der Waals surface area contributed by atoms with Gasteiger partial charge < -0.3 is 19.7 Å². The van der Waals surface area contributed by atoms with E-state index in [0.29, 0.717) is 43.4 Å². The molecule has 4 aliphatic carbocycles. The van der Waals surface area contributed by atoms with Crippen LogP contribution in [0.25, 0.3) is 5.57 Å². The quantitative estimate of drug-likeness (QED) is 0.215. The molecule has 0 amide bonds. The summed E-state index contributed by atoms with van der Waals surface area (Å²) < 4.78 is 36.4. The third-order valence-electron chi connectivity index (χ3n) is 17.0. The number of hydrogen-bond donors (Lipinski definition) is 1. The highest BCUT2D eigenvalue weighted by Gasteiger charge is 2.69. The minimum atomic E-state index is -2.89. The van der Waals surface area contributed by atoms with Crippen LogP contribution in [0.1, 0.15) is 129 Å². The first-order valence-electron chi connectivity index (χ1n) is 20.9. The van der Waals surface area contributed by atoms with E-state index in [4.69, 9.17) is 9.47 Å². The number of sulfone groups is 1. The highest BCUT2D eigenvalue weighted by Crippen LogP contribution is 2.75. The van der Waals surface area contributed by atoms with Crippen molar-refractivity contribution in [3.8, 4) is 0 Å². The Morgan fingerprint density at radius 1 is 0.943 bits per heavy atom. The molecule has 0 aromatic heterocycles. The number of ether oxygens (including phenoxy) is 2. The van der Waals surface area contributed by atoms with E-state index in [1.165, 1.54) is 43.2 Å². The van der Waals surface area contributed by atoms with Crippen molar-refractivity contribution in [1.82, 2.24) is 10.2 Å². The number of benzene rings is 1. The normalized spacial score (nSPS) is 39.2. The average Bonchev–Trinajstić information content (AvgIpc) is 3.10. The summed E-state index contributed by atoms with van der Waals surface area (Å²) in [5.74, 6) is 2.93. The molecule has 1 aromatic carbocycles.